The summed E-state index contributed by atoms with van der Waals surface area (Å²) in [5.74, 6) is 0.410. The number of carbonyl (C=O) groups excluding carboxylic acids is 1. The zero-order valence-electron chi connectivity index (χ0n) is 14.7. The van der Waals surface area contributed by atoms with Gasteiger partial charge in [-0.25, -0.2) is 19.4 Å². The van der Waals surface area contributed by atoms with Gasteiger partial charge in [0, 0.05) is 37.1 Å². The van der Waals surface area contributed by atoms with Gasteiger partial charge in [0.1, 0.15) is 12.7 Å². The van der Waals surface area contributed by atoms with E-state index in [4.69, 9.17) is 11.6 Å². The Bertz CT molecular complexity index is 895. The van der Waals surface area contributed by atoms with Crippen LogP contribution in [0.15, 0.2) is 49.6 Å². The molecule has 1 atom stereocenters. The lowest BCUT2D eigenvalue weighted by Gasteiger charge is -2.33. The van der Waals surface area contributed by atoms with Gasteiger partial charge in [0.25, 0.3) is 0 Å². The van der Waals surface area contributed by atoms with Crippen LogP contribution in [0, 0.1) is 5.92 Å². The molecule has 27 heavy (non-hydrogen) atoms. The Morgan fingerprint density at radius 3 is 3.00 bits per heavy atom. The van der Waals surface area contributed by atoms with Gasteiger partial charge < -0.3 is 14.8 Å². The highest BCUT2D eigenvalue weighted by Gasteiger charge is 2.24. The number of imidazole rings is 1. The first-order chi connectivity index (χ1) is 13.2. The molecule has 2 amide bonds. The lowest BCUT2D eigenvalue weighted by Crippen LogP contribution is -2.43. The highest BCUT2D eigenvalue weighted by Crippen LogP contribution is 2.25. The molecule has 1 fully saturated rings. The largest absolute Gasteiger partial charge is 0.337 e. The number of hydrogen-bond acceptors (Lipinski definition) is 4. The van der Waals surface area contributed by atoms with Crippen molar-refractivity contribution in [2.75, 3.05) is 18.4 Å². The lowest BCUT2D eigenvalue weighted by atomic mass is 9.98. The average Bonchev–Trinajstić information content (AvgIpc) is 3.36. The maximum absolute atomic E-state index is 12.9. The van der Waals surface area contributed by atoms with E-state index in [2.05, 4.69) is 25.0 Å². The fraction of sp³-hybridized carbons (Fsp3) is 0.333. The average molecular weight is 386 g/mol. The molecule has 2 aromatic heterocycles. The Labute approximate surface area is 161 Å². The number of nitrogens with one attached hydrogen (secondary N) is 1. The van der Waals surface area contributed by atoms with Crippen molar-refractivity contribution < 1.29 is 4.79 Å². The van der Waals surface area contributed by atoms with Gasteiger partial charge in [0.2, 0.25) is 0 Å². The number of urea groups is 1. The third kappa shape index (κ3) is 4.11. The second-order valence-electron chi connectivity index (χ2n) is 6.65. The maximum Gasteiger partial charge on any atom is 0.321 e. The van der Waals surface area contributed by atoms with Crippen molar-refractivity contribution >= 4 is 23.3 Å². The summed E-state index contributed by atoms with van der Waals surface area (Å²) >= 11 is 6.13. The molecule has 9 heteroatoms. The van der Waals surface area contributed by atoms with Gasteiger partial charge >= 0.3 is 6.03 Å². The minimum Gasteiger partial charge on any atom is -0.337 e. The number of aromatic nitrogens is 5. The monoisotopic (exact) mass is 385 g/mol. The van der Waals surface area contributed by atoms with Gasteiger partial charge in [-0.05, 0) is 37.0 Å². The van der Waals surface area contributed by atoms with Crippen molar-refractivity contribution in [3.8, 4) is 5.69 Å². The number of benzene rings is 1. The van der Waals surface area contributed by atoms with Gasteiger partial charge in [0.15, 0.2) is 0 Å². The summed E-state index contributed by atoms with van der Waals surface area (Å²) in [7, 11) is 0. The molecular weight excluding hydrogens is 366 g/mol. The SMILES string of the molecule is O=C(Nc1cc(Cl)ccc1-n1cncn1)N1CCC[C@@H](Cn2ccnc2)C1. The highest BCUT2D eigenvalue weighted by atomic mass is 35.5. The molecule has 0 aliphatic carbocycles. The molecular formula is C18H20ClN7O. The number of rotatable bonds is 4. The minimum atomic E-state index is -0.131. The summed E-state index contributed by atoms with van der Waals surface area (Å²) in [6.07, 6.45) is 10.7. The van der Waals surface area contributed by atoms with Gasteiger partial charge in [-0.1, -0.05) is 11.6 Å². The standard InChI is InChI=1S/C18H20ClN7O/c19-15-3-4-17(26-13-21-11-22-26)16(8-15)23-18(27)25-6-1-2-14(10-25)9-24-7-5-20-12-24/h3-5,7-8,11-14H,1-2,6,9-10H2,(H,23,27)/t14-/m0/s1. The Morgan fingerprint density at radius 2 is 2.22 bits per heavy atom. The molecule has 3 aromatic rings. The van der Waals surface area contributed by atoms with E-state index in [0.717, 1.165) is 31.6 Å². The van der Waals surface area contributed by atoms with Crippen molar-refractivity contribution in [1.29, 1.82) is 0 Å². The van der Waals surface area contributed by atoms with Crippen molar-refractivity contribution in [3.63, 3.8) is 0 Å². The van der Waals surface area contributed by atoms with E-state index in [-0.39, 0.29) is 6.03 Å². The fourth-order valence-electron chi connectivity index (χ4n) is 3.43. The molecule has 1 saturated heterocycles. The molecule has 0 radical (unpaired) electrons. The summed E-state index contributed by atoms with van der Waals surface area (Å²) < 4.78 is 3.66. The van der Waals surface area contributed by atoms with E-state index < -0.39 is 0 Å². The molecule has 4 rings (SSSR count). The Morgan fingerprint density at radius 1 is 1.30 bits per heavy atom. The van der Waals surface area contributed by atoms with E-state index in [1.54, 1.807) is 29.3 Å². The fourth-order valence-corrected chi connectivity index (χ4v) is 3.60. The highest BCUT2D eigenvalue weighted by molar-refractivity contribution is 6.31. The topological polar surface area (TPSA) is 80.9 Å². The summed E-state index contributed by atoms with van der Waals surface area (Å²) in [6.45, 7) is 2.32. The van der Waals surface area contributed by atoms with Crippen LogP contribution in [-0.4, -0.2) is 48.3 Å². The van der Waals surface area contributed by atoms with Crippen LogP contribution in [0.2, 0.25) is 5.02 Å². The van der Waals surface area contributed by atoms with Crippen LogP contribution in [0.25, 0.3) is 5.69 Å². The number of likely N-dealkylation sites (tertiary alicyclic amines) is 1. The normalized spacial score (nSPS) is 17.1. The number of carbonyl (C=O) groups is 1. The maximum atomic E-state index is 12.9. The molecule has 0 bridgehead atoms. The first-order valence-corrected chi connectivity index (χ1v) is 9.23. The second-order valence-corrected chi connectivity index (χ2v) is 7.08. The van der Waals surface area contributed by atoms with Crippen LogP contribution < -0.4 is 5.32 Å². The zero-order valence-corrected chi connectivity index (χ0v) is 15.5. The summed E-state index contributed by atoms with van der Waals surface area (Å²) in [5.41, 5.74) is 1.33. The number of amides is 2. The Kier molecular flexibility index (Phi) is 5.06. The van der Waals surface area contributed by atoms with Gasteiger partial charge in [-0.2, -0.15) is 5.10 Å². The van der Waals surface area contributed by atoms with E-state index in [0.29, 0.717) is 23.2 Å². The van der Waals surface area contributed by atoms with Crippen LogP contribution in [-0.2, 0) is 6.54 Å². The van der Waals surface area contributed by atoms with E-state index in [9.17, 15) is 4.79 Å². The summed E-state index contributed by atoms with van der Waals surface area (Å²) in [5, 5.41) is 7.67. The van der Waals surface area contributed by atoms with Crippen LogP contribution in [0.3, 0.4) is 0 Å². The number of hydrogen-bond donors (Lipinski definition) is 1. The molecule has 0 unspecified atom stereocenters. The van der Waals surface area contributed by atoms with Crippen molar-refractivity contribution in [2.45, 2.75) is 19.4 Å². The van der Waals surface area contributed by atoms with Gasteiger partial charge in [-0.15, -0.1) is 0 Å². The van der Waals surface area contributed by atoms with Crippen molar-refractivity contribution in [2.24, 2.45) is 5.92 Å². The molecule has 3 heterocycles. The molecule has 1 aliphatic heterocycles. The quantitative estimate of drug-likeness (QED) is 0.748. The molecule has 0 spiro atoms. The third-order valence-electron chi connectivity index (χ3n) is 4.70. The zero-order chi connectivity index (χ0) is 18.6. The number of anilines is 1. The van der Waals surface area contributed by atoms with Crippen LogP contribution in [0.1, 0.15) is 12.8 Å². The lowest BCUT2D eigenvalue weighted by molar-refractivity contribution is 0.170. The Balaban J connectivity index is 1.46. The molecule has 8 nitrogen and oxygen atoms in total. The second kappa shape index (κ2) is 7.79. The van der Waals surface area contributed by atoms with Crippen LogP contribution >= 0.6 is 11.6 Å². The minimum absolute atomic E-state index is 0.131. The Hall–Kier alpha value is -2.87. The van der Waals surface area contributed by atoms with Crippen LogP contribution in [0.5, 0.6) is 0 Å². The van der Waals surface area contributed by atoms with E-state index >= 15 is 0 Å². The molecule has 1 N–H and O–H groups in total. The van der Waals surface area contributed by atoms with E-state index in [1.165, 1.54) is 6.33 Å². The predicted octanol–water partition coefficient (Wildman–Crippen LogP) is 3.06. The molecule has 1 aromatic carbocycles. The van der Waals surface area contributed by atoms with Crippen molar-refractivity contribution in [1.82, 2.24) is 29.2 Å². The molecule has 1 aliphatic rings. The first kappa shape index (κ1) is 17.5. The van der Waals surface area contributed by atoms with E-state index in [1.807, 2.05) is 23.5 Å². The summed E-state index contributed by atoms with van der Waals surface area (Å²) in [4.78, 5) is 22.8. The summed E-state index contributed by atoms with van der Waals surface area (Å²) in [6, 6.07) is 5.17. The molecule has 0 saturated carbocycles. The third-order valence-corrected chi connectivity index (χ3v) is 4.94. The van der Waals surface area contributed by atoms with Gasteiger partial charge in [-0.3, -0.25) is 0 Å². The van der Waals surface area contributed by atoms with Gasteiger partial charge in [0.05, 0.1) is 17.7 Å². The number of halogens is 1. The smallest absolute Gasteiger partial charge is 0.321 e. The number of piperidine rings is 1. The molecule has 140 valence electrons. The first-order valence-electron chi connectivity index (χ1n) is 8.85. The number of nitrogens with zero attached hydrogens (tertiary/aromatic N) is 6. The van der Waals surface area contributed by atoms with Crippen molar-refractivity contribution in [3.05, 3.63) is 54.6 Å². The predicted molar refractivity (Wildman–Crippen MR) is 102 cm³/mol. The van der Waals surface area contributed by atoms with Crippen LogP contribution in [0.4, 0.5) is 10.5 Å².